The Morgan fingerprint density at radius 1 is 1.39 bits per heavy atom. The molecular weight excluding hydrogens is 298 g/mol. The van der Waals surface area contributed by atoms with Gasteiger partial charge >= 0.3 is 6.03 Å². The van der Waals surface area contributed by atoms with Crippen LogP contribution in [0.5, 0.6) is 0 Å². The maximum absolute atomic E-state index is 12.7. The first-order valence-electron chi connectivity index (χ1n) is 7.95. The van der Waals surface area contributed by atoms with Crippen molar-refractivity contribution in [3.8, 4) is 0 Å². The zero-order chi connectivity index (χ0) is 16.4. The minimum absolute atomic E-state index is 0.227. The maximum Gasteiger partial charge on any atom is 0.329 e. The molecule has 0 aromatic carbocycles. The number of hydrogen-bond acceptors (Lipinski definition) is 4. The van der Waals surface area contributed by atoms with Gasteiger partial charge in [-0.25, -0.2) is 4.79 Å². The Kier molecular flexibility index (Phi) is 4.47. The highest BCUT2D eigenvalue weighted by Gasteiger charge is 2.43. The Morgan fingerprint density at radius 2 is 2.13 bits per heavy atom. The summed E-state index contributed by atoms with van der Waals surface area (Å²) in [4.78, 5) is 38.0. The molecule has 2 heterocycles. The maximum atomic E-state index is 12.7. The summed E-state index contributed by atoms with van der Waals surface area (Å²) in [6.07, 6.45) is 7.94. The van der Waals surface area contributed by atoms with Crippen molar-refractivity contribution in [1.29, 1.82) is 0 Å². The van der Waals surface area contributed by atoms with Crippen molar-refractivity contribution in [1.82, 2.24) is 10.2 Å². The SMILES string of the molecule is NC(=O)C(CC1CCOCC1)N1C(=O)NC2=CC=CCC2C1=O. The van der Waals surface area contributed by atoms with Gasteiger partial charge in [0.25, 0.3) is 0 Å². The quantitative estimate of drug-likeness (QED) is 0.795. The molecule has 4 amide bonds. The number of nitrogens with zero attached hydrogens (tertiary/aromatic N) is 1. The van der Waals surface area contributed by atoms with Gasteiger partial charge in [0, 0.05) is 18.9 Å². The van der Waals surface area contributed by atoms with Crippen LogP contribution in [-0.4, -0.2) is 42.0 Å². The van der Waals surface area contributed by atoms with Crippen LogP contribution in [-0.2, 0) is 14.3 Å². The van der Waals surface area contributed by atoms with E-state index in [9.17, 15) is 14.4 Å². The second-order valence-corrected chi connectivity index (χ2v) is 6.19. The average molecular weight is 319 g/mol. The summed E-state index contributed by atoms with van der Waals surface area (Å²) < 4.78 is 5.31. The number of nitrogens with two attached hydrogens (primary N) is 1. The van der Waals surface area contributed by atoms with Gasteiger partial charge in [-0.2, -0.15) is 0 Å². The summed E-state index contributed by atoms with van der Waals surface area (Å²) in [5.41, 5.74) is 6.10. The molecule has 2 saturated heterocycles. The smallest absolute Gasteiger partial charge is 0.329 e. The molecule has 23 heavy (non-hydrogen) atoms. The molecule has 3 N–H and O–H groups in total. The molecule has 124 valence electrons. The second-order valence-electron chi connectivity index (χ2n) is 6.19. The number of nitrogens with one attached hydrogen (secondary N) is 1. The number of rotatable bonds is 4. The van der Waals surface area contributed by atoms with Crippen LogP contribution in [0.2, 0.25) is 0 Å². The standard InChI is InChI=1S/C16H21N3O4/c17-14(20)13(9-10-5-7-23-8-6-10)19-15(21)11-3-1-2-4-12(11)18-16(19)22/h1-2,4,10-11,13H,3,5-9H2,(H2,17,20)(H,18,22). The Balaban J connectivity index is 1.79. The first-order valence-corrected chi connectivity index (χ1v) is 7.95. The van der Waals surface area contributed by atoms with Crippen molar-refractivity contribution in [2.45, 2.75) is 31.7 Å². The number of urea groups is 1. The predicted molar refractivity (Wildman–Crippen MR) is 81.9 cm³/mol. The molecule has 1 aliphatic carbocycles. The molecule has 7 nitrogen and oxygen atoms in total. The lowest BCUT2D eigenvalue weighted by atomic mass is 9.89. The largest absolute Gasteiger partial charge is 0.381 e. The van der Waals surface area contributed by atoms with Crippen LogP contribution >= 0.6 is 0 Å². The minimum atomic E-state index is -0.905. The fourth-order valence-corrected chi connectivity index (χ4v) is 3.39. The fraction of sp³-hybridized carbons (Fsp3) is 0.562. The lowest BCUT2D eigenvalue weighted by molar-refractivity contribution is -0.140. The molecule has 0 aromatic heterocycles. The van der Waals surface area contributed by atoms with E-state index < -0.39 is 23.9 Å². The van der Waals surface area contributed by atoms with Crippen molar-refractivity contribution in [3.05, 3.63) is 23.9 Å². The summed E-state index contributed by atoms with van der Waals surface area (Å²) >= 11 is 0. The number of carbonyl (C=O) groups excluding carboxylic acids is 3. The summed E-state index contributed by atoms with van der Waals surface area (Å²) in [5.74, 6) is -1.20. The Labute approximate surface area is 134 Å². The lowest BCUT2D eigenvalue weighted by Gasteiger charge is -2.38. The van der Waals surface area contributed by atoms with Crippen LogP contribution in [0.25, 0.3) is 0 Å². The van der Waals surface area contributed by atoms with Crippen molar-refractivity contribution in [2.24, 2.45) is 17.6 Å². The van der Waals surface area contributed by atoms with Gasteiger partial charge in [0.1, 0.15) is 6.04 Å². The summed E-state index contributed by atoms with van der Waals surface area (Å²) in [6, 6.07) is -1.47. The first-order chi connectivity index (χ1) is 11.1. The molecule has 0 radical (unpaired) electrons. The third kappa shape index (κ3) is 3.14. The number of fused-ring (bicyclic) bond motifs is 1. The molecule has 0 aromatic rings. The molecule has 2 fully saturated rings. The Bertz CT molecular complexity index is 578. The Morgan fingerprint density at radius 3 is 2.83 bits per heavy atom. The van der Waals surface area contributed by atoms with Gasteiger partial charge in [0.15, 0.2) is 0 Å². The Hall–Kier alpha value is -2.15. The predicted octanol–water partition coefficient (Wildman–Crippen LogP) is 0.669. The van der Waals surface area contributed by atoms with Crippen molar-refractivity contribution in [2.75, 3.05) is 13.2 Å². The topological polar surface area (TPSA) is 102 Å². The van der Waals surface area contributed by atoms with E-state index in [-0.39, 0.29) is 11.8 Å². The molecule has 7 heteroatoms. The number of ether oxygens (including phenoxy) is 1. The van der Waals surface area contributed by atoms with Gasteiger partial charge in [0.2, 0.25) is 11.8 Å². The van der Waals surface area contributed by atoms with Crippen LogP contribution in [0.3, 0.4) is 0 Å². The molecule has 3 rings (SSSR count). The van der Waals surface area contributed by atoms with Gasteiger partial charge in [-0.15, -0.1) is 0 Å². The number of primary amides is 1. The fourth-order valence-electron chi connectivity index (χ4n) is 3.39. The number of allylic oxidation sites excluding steroid dienone is 3. The number of amides is 4. The molecule has 2 unspecified atom stereocenters. The average Bonchev–Trinajstić information content (AvgIpc) is 2.54. The van der Waals surface area contributed by atoms with Gasteiger partial charge in [-0.1, -0.05) is 12.2 Å². The van der Waals surface area contributed by atoms with Crippen LogP contribution in [0.4, 0.5) is 4.79 Å². The van der Waals surface area contributed by atoms with Gasteiger partial charge in [-0.3, -0.25) is 14.5 Å². The molecule has 0 bridgehead atoms. The monoisotopic (exact) mass is 319 g/mol. The molecule has 3 aliphatic rings. The van der Waals surface area contributed by atoms with E-state index in [0.717, 1.165) is 17.7 Å². The van der Waals surface area contributed by atoms with Gasteiger partial charge < -0.3 is 15.8 Å². The van der Waals surface area contributed by atoms with Gasteiger partial charge in [0.05, 0.1) is 5.92 Å². The van der Waals surface area contributed by atoms with Crippen LogP contribution in [0.1, 0.15) is 25.7 Å². The summed E-state index contributed by atoms with van der Waals surface area (Å²) in [6.45, 7) is 1.27. The minimum Gasteiger partial charge on any atom is -0.381 e. The molecular formula is C16H21N3O4. The molecule has 0 spiro atoms. The lowest BCUT2D eigenvalue weighted by Crippen LogP contribution is -2.60. The molecule has 0 saturated carbocycles. The van der Waals surface area contributed by atoms with E-state index in [4.69, 9.17) is 10.5 Å². The number of imide groups is 1. The van der Waals surface area contributed by atoms with Crippen LogP contribution in [0.15, 0.2) is 23.9 Å². The van der Waals surface area contributed by atoms with E-state index in [1.54, 1.807) is 6.08 Å². The van der Waals surface area contributed by atoms with Crippen molar-refractivity contribution < 1.29 is 19.1 Å². The van der Waals surface area contributed by atoms with Crippen LogP contribution < -0.4 is 11.1 Å². The van der Waals surface area contributed by atoms with E-state index in [1.807, 2.05) is 12.2 Å². The third-order valence-electron chi connectivity index (χ3n) is 4.70. The normalized spacial score (nSPS) is 26.3. The highest BCUT2D eigenvalue weighted by molar-refractivity contribution is 6.04. The third-order valence-corrected chi connectivity index (χ3v) is 4.70. The molecule has 2 aliphatic heterocycles. The summed E-state index contributed by atoms with van der Waals surface area (Å²) in [7, 11) is 0. The second kappa shape index (κ2) is 6.54. The van der Waals surface area contributed by atoms with Crippen molar-refractivity contribution >= 4 is 17.8 Å². The highest BCUT2D eigenvalue weighted by atomic mass is 16.5. The highest BCUT2D eigenvalue weighted by Crippen LogP contribution is 2.29. The van der Waals surface area contributed by atoms with E-state index >= 15 is 0 Å². The van der Waals surface area contributed by atoms with E-state index in [2.05, 4.69) is 5.32 Å². The zero-order valence-electron chi connectivity index (χ0n) is 12.9. The van der Waals surface area contributed by atoms with E-state index in [0.29, 0.717) is 31.8 Å². The van der Waals surface area contributed by atoms with Crippen molar-refractivity contribution in [3.63, 3.8) is 0 Å². The number of hydrogen-bond donors (Lipinski definition) is 2. The first kappa shape index (κ1) is 15.7. The molecule has 2 atom stereocenters. The number of carbonyl (C=O) groups is 3. The summed E-state index contributed by atoms with van der Waals surface area (Å²) in [5, 5.41) is 2.71. The van der Waals surface area contributed by atoms with Gasteiger partial charge in [-0.05, 0) is 37.7 Å². The van der Waals surface area contributed by atoms with E-state index in [1.165, 1.54) is 0 Å². The zero-order valence-corrected chi connectivity index (χ0v) is 12.9. The van der Waals surface area contributed by atoms with Crippen LogP contribution in [0, 0.1) is 11.8 Å².